The highest BCUT2D eigenvalue weighted by molar-refractivity contribution is 5.79. The number of likely N-dealkylation sites (tertiary alicyclic amines) is 1. The van der Waals surface area contributed by atoms with Crippen molar-refractivity contribution in [2.75, 3.05) is 33.2 Å². The Morgan fingerprint density at radius 2 is 2.05 bits per heavy atom. The molecule has 1 N–H and O–H groups in total. The maximum absolute atomic E-state index is 12.5. The molecule has 20 heavy (non-hydrogen) atoms. The minimum atomic E-state index is -0.624. The van der Waals surface area contributed by atoms with Gasteiger partial charge < -0.3 is 14.9 Å². The van der Waals surface area contributed by atoms with Gasteiger partial charge in [-0.1, -0.05) is 26.7 Å². The summed E-state index contributed by atoms with van der Waals surface area (Å²) < 4.78 is 0. The first-order valence-corrected chi connectivity index (χ1v) is 8.09. The zero-order valence-electron chi connectivity index (χ0n) is 13.3. The summed E-state index contributed by atoms with van der Waals surface area (Å²) in [6.07, 6.45) is 4.83. The maximum Gasteiger partial charge on any atom is 0.226 e. The van der Waals surface area contributed by atoms with Gasteiger partial charge in [-0.2, -0.15) is 0 Å². The molecule has 2 aliphatic rings. The van der Waals surface area contributed by atoms with E-state index in [1.165, 1.54) is 0 Å². The number of amides is 1. The molecule has 4 nitrogen and oxygen atoms in total. The molecular formula is C16H30N2O2. The average molecular weight is 282 g/mol. The third kappa shape index (κ3) is 3.95. The van der Waals surface area contributed by atoms with Gasteiger partial charge in [-0.25, -0.2) is 0 Å². The van der Waals surface area contributed by atoms with Crippen LogP contribution < -0.4 is 0 Å². The van der Waals surface area contributed by atoms with Crippen LogP contribution in [-0.2, 0) is 4.79 Å². The van der Waals surface area contributed by atoms with Gasteiger partial charge in [-0.3, -0.25) is 4.79 Å². The fraction of sp³-hybridized carbons (Fsp3) is 0.938. The van der Waals surface area contributed by atoms with Crippen LogP contribution in [0.2, 0.25) is 0 Å². The SMILES string of the molecule is CC(C)CN1CCC(C(=O)N(C)CC2(O)CCCC2)C1. The number of likely N-dealkylation sites (N-methyl/N-ethyl adjacent to an activating group) is 1. The van der Waals surface area contributed by atoms with E-state index in [4.69, 9.17) is 0 Å². The van der Waals surface area contributed by atoms with Gasteiger partial charge in [0.15, 0.2) is 0 Å². The van der Waals surface area contributed by atoms with Crippen LogP contribution in [0.25, 0.3) is 0 Å². The number of hydrogen-bond acceptors (Lipinski definition) is 3. The Morgan fingerprint density at radius 1 is 1.40 bits per heavy atom. The molecule has 0 aromatic heterocycles. The second-order valence-corrected chi connectivity index (χ2v) is 7.26. The van der Waals surface area contributed by atoms with Gasteiger partial charge in [-0.05, 0) is 31.7 Å². The second kappa shape index (κ2) is 6.44. The molecule has 0 bridgehead atoms. The summed E-state index contributed by atoms with van der Waals surface area (Å²) >= 11 is 0. The lowest BCUT2D eigenvalue weighted by atomic mass is 10.0. The molecule has 1 saturated heterocycles. The Morgan fingerprint density at radius 3 is 2.65 bits per heavy atom. The Kier molecular flexibility index (Phi) is 5.08. The minimum Gasteiger partial charge on any atom is -0.388 e. The predicted octanol–water partition coefficient (Wildman–Crippen LogP) is 1.73. The molecule has 2 rings (SSSR count). The van der Waals surface area contributed by atoms with Crippen LogP contribution >= 0.6 is 0 Å². The number of carbonyl (C=O) groups excluding carboxylic acids is 1. The summed E-state index contributed by atoms with van der Waals surface area (Å²) in [5, 5.41) is 10.4. The first-order chi connectivity index (χ1) is 9.39. The lowest BCUT2D eigenvalue weighted by Gasteiger charge is -2.30. The van der Waals surface area contributed by atoms with Crippen LogP contribution in [0.4, 0.5) is 0 Å². The van der Waals surface area contributed by atoms with Crippen LogP contribution in [0.3, 0.4) is 0 Å². The van der Waals surface area contributed by atoms with Gasteiger partial charge in [0.25, 0.3) is 0 Å². The molecule has 1 amide bonds. The quantitative estimate of drug-likeness (QED) is 0.835. The summed E-state index contributed by atoms with van der Waals surface area (Å²) in [4.78, 5) is 16.7. The summed E-state index contributed by atoms with van der Waals surface area (Å²) in [5.74, 6) is 1.00. The van der Waals surface area contributed by atoms with E-state index < -0.39 is 5.60 Å². The molecule has 0 spiro atoms. The number of aliphatic hydroxyl groups is 1. The van der Waals surface area contributed by atoms with Crippen LogP contribution in [0.5, 0.6) is 0 Å². The number of hydrogen-bond donors (Lipinski definition) is 1. The molecular weight excluding hydrogens is 252 g/mol. The smallest absolute Gasteiger partial charge is 0.226 e. The van der Waals surface area contributed by atoms with E-state index in [1.54, 1.807) is 4.90 Å². The highest BCUT2D eigenvalue weighted by Crippen LogP contribution is 2.30. The van der Waals surface area contributed by atoms with Crippen LogP contribution in [-0.4, -0.2) is 59.6 Å². The highest BCUT2D eigenvalue weighted by atomic mass is 16.3. The van der Waals surface area contributed by atoms with Crippen molar-refractivity contribution in [1.82, 2.24) is 9.80 Å². The normalized spacial score (nSPS) is 26.4. The Hall–Kier alpha value is -0.610. The van der Waals surface area contributed by atoms with E-state index >= 15 is 0 Å². The van der Waals surface area contributed by atoms with Crippen LogP contribution in [0.15, 0.2) is 0 Å². The molecule has 1 heterocycles. The van der Waals surface area contributed by atoms with Gasteiger partial charge in [0, 0.05) is 26.7 Å². The van der Waals surface area contributed by atoms with Crippen molar-refractivity contribution in [3.63, 3.8) is 0 Å². The van der Waals surface area contributed by atoms with Crippen LogP contribution in [0.1, 0.15) is 46.0 Å². The topological polar surface area (TPSA) is 43.8 Å². The van der Waals surface area contributed by atoms with E-state index in [2.05, 4.69) is 18.7 Å². The van der Waals surface area contributed by atoms with Gasteiger partial charge in [0.2, 0.25) is 5.91 Å². The lowest BCUT2D eigenvalue weighted by Crippen LogP contribution is -2.44. The summed E-state index contributed by atoms with van der Waals surface area (Å²) in [7, 11) is 1.85. The van der Waals surface area contributed by atoms with Crippen molar-refractivity contribution >= 4 is 5.91 Å². The minimum absolute atomic E-state index is 0.128. The standard InChI is InChI=1S/C16H30N2O2/c1-13(2)10-18-9-6-14(11-18)15(19)17(3)12-16(20)7-4-5-8-16/h13-14,20H,4-12H2,1-3H3. The molecule has 1 unspecified atom stereocenters. The monoisotopic (exact) mass is 282 g/mol. The maximum atomic E-state index is 12.5. The molecule has 1 atom stereocenters. The van der Waals surface area contributed by atoms with Crippen molar-refractivity contribution in [3.8, 4) is 0 Å². The number of nitrogens with zero attached hydrogens (tertiary/aromatic N) is 2. The van der Waals surface area contributed by atoms with Crippen molar-refractivity contribution in [2.24, 2.45) is 11.8 Å². The van der Waals surface area contributed by atoms with Gasteiger partial charge in [0.1, 0.15) is 0 Å². The first kappa shape index (κ1) is 15.8. The third-order valence-electron chi connectivity index (χ3n) is 4.69. The number of rotatable bonds is 5. The molecule has 1 aliphatic heterocycles. The van der Waals surface area contributed by atoms with Crippen molar-refractivity contribution in [3.05, 3.63) is 0 Å². The third-order valence-corrected chi connectivity index (χ3v) is 4.69. The van der Waals surface area contributed by atoms with Gasteiger partial charge in [-0.15, -0.1) is 0 Å². The molecule has 2 fully saturated rings. The molecule has 0 aromatic rings. The first-order valence-electron chi connectivity index (χ1n) is 8.09. The fourth-order valence-electron chi connectivity index (χ4n) is 3.74. The van der Waals surface area contributed by atoms with Crippen molar-refractivity contribution in [1.29, 1.82) is 0 Å². The Bertz CT molecular complexity index is 337. The van der Waals surface area contributed by atoms with E-state index in [-0.39, 0.29) is 11.8 Å². The summed E-state index contributed by atoms with van der Waals surface area (Å²) in [5.41, 5.74) is -0.624. The second-order valence-electron chi connectivity index (χ2n) is 7.26. The Labute approximate surface area is 123 Å². The molecule has 1 aliphatic carbocycles. The molecule has 1 saturated carbocycles. The predicted molar refractivity (Wildman–Crippen MR) is 80.4 cm³/mol. The van der Waals surface area contributed by atoms with E-state index in [0.717, 1.165) is 51.7 Å². The zero-order valence-corrected chi connectivity index (χ0v) is 13.3. The molecule has 0 aromatic carbocycles. The zero-order chi connectivity index (χ0) is 14.8. The van der Waals surface area contributed by atoms with Gasteiger partial charge in [0.05, 0.1) is 11.5 Å². The van der Waals surface area contributed by atoms with Crippen molar-refractivity contribution in [2.45, 2.75) is 51.6 Å². The molecule has 4 heteroatoms. The average Bonchev–Trinajstić information content (AvgIpc) is 2.97. The van der Waals surface area contributed by atoms with Gasteiger partial charge >= 0.3 is 0 Å². The fourth-order valence-corrected chi connectivity index (χ4v) is 3.74. The Balaban J connectivity index is 1.82. The summed E-state index contributed by atoms with van der Waals surface area (Å²) in [6.45, 7) is 7.95. The van der Waals surface area contributed by atoms with E-state index in [9.17, 15) is 9.90 Å². The summed E-state index contributed by atoms with van der Waals surface area (Å²) in [6, 6.07) is 0. The lowest BCUT2D eigenvalue weighted by molar-refractivity contribution is -0.137. The van der Waals surface area contributed by atoms with Crippen molar-refractivity contribution < 1.29 is 9.90 Å². The number of carbonyl (C=O) groups is 1. The van der Waals surface area contributed by atoms with Crippen LogP contribution in [0, 0.1) is 11.8 Å². The molecule has 116 valence electrons. The highest BCUT2D eigenvalue weighted by Gasteiger charge is 2.36. The molecule has 0 radical (unpaired) electrons. The van der Waals surface area contributed by atoms with E-state index in [0.29, 0.717) is 12.5 Å². The van der Waals surface area contributed by atoms with E-state index in [1.807, 2.05) is 7.05 Å². The largest absolute Gasteiger partial charge is 0.388 e.